The molecule has 5 heteroatoms. The molecule has 0 aliphatic rings. The van der Waals surface area contributed by atoms with Gasteiger partial charge in [-0.1, -0.05) is 35.6 Å². The van der Waals surface area contributed by atoms with E-state index in [1.54, 1.807) is 13.2 Å². The van der Waals surface area contributed by atoms with Crippen molar-refractivity contribution in [2.75, 3.05) is 12.4 Å². The summed E-state index contributed by atoms with van der Waals surface area (Å²) in [7, 11) is 1.64. The molecule has 3 rings (SSSR count). The molecule has 0 unspecified atom stereocenters. The van der Waals surface area contributed by atoms with E-state index in [1.807, 2.05) is 43.3 Å². The molecule has 1 aromatic heterocycles. The predicted molar refractivity (Wildman–Crippen MR) is 89.5 cm³/mol. The van der Waals surface area contributed by atoms with Crippen LogP contribution in [0.1, 0.15) is 21.5 Å². The number of thiazole rings is 1. The van der Waals surface area contributed by atoms with Crippen LogP contribution in [0.2, 0.25) is 0 Å². The number of aromatic nitrogens is 1. The Kier molecular flexibility index (Phi) is 4.18. The second-order valence-corrected chi connectivity index (χ2v) is 6.06. The van der Waals surface area contributed by atoms with Crippen molar-refractivity contribution in [1.82, 2.24) is 4.98 Å². The summed E-state index contributed by atoms with van der Waals surface area (Å²) in [6.45, 7) is 2.50. The average molecular weight is 312 g/mol. The molecule has 112 valence electrons. The Morgan fingerprint density at radius 1 is 1.27 bits per heavy atom. The molecule has 0 fully saturated rings. The lowest BCUT2D eigenvalue weighted by molar-refractivity contribution is 0.102. The number of nitrogens with zero attached hydrogens (tertiary/aromatic N) is 1. The first-order valence-electron chi connectivity index (χ1n) is 6.93. The maximum Gasteiger partial charge on any atom is 0.257 e. The minimum absolute atomic E-state index is 0.158. The lowest BCUT2D eigenvalue weighted by Gasteiger charge is -2.04. The van der Waals surface area contributed by atoms with E-state index >= 15 is 0 Å². The van der Waals surface area contributed by atoms with Gasteiger partial charge in [0.05, 0.1) is 16.8 Å². The van der Waals surface area contributed by atoms with Crippen LogP contribution in [0.25, 0.3) is 10.2 Å². The van der Waals surface area contributed by atoms with E-state index < -0.39 is 0 Å². The van der Waals surface area contributed by atoms with Crippen molar-refractivity contribution in [2.24, 2.45) is 0 Å². The molecule has 0 spiro atoms. The van der Waals surface area contributed by atoms with Gasteiger partial charge in [-0.25, -0.2) is 4.98 Å². The minimum atomic E-state index is -0.158. The summed E-state index contributed by atoms with van der Waals surface area (Å²) in [5.41, 5.74) is 3.62. The van der Waals surface area contributed by atoms with Crippen LogP contribution in [0.5, 0.6) is 0 Å². The SMILES string of the molecule is COCc1cccc(C(=O)Nc2nc3c(C)cccc3s2)c1. The van der Waals surface area contributed by atoms with Gasteiger partial charge >= 0.3 is 0 Å². The molecular formula is C17H16N2O2S. The Labute approximate surface area is 132 Å². The summed E-state index contributed by atoms with van der Waals surface area (Å²) >= 11 is 1.48. The normalized spacial score (nSPS) is 10.8. The van der Waals surface area contributed by atoms with Crippen LogP contribution < -0.4 is 5.32 Å². The van der Waals surface area contributed by atoms with Gasteiger partial charge in [0.2, 0.25) is 0 Å². The zero-order valence-corrected chi connectivity index (χ0v) is 13.2. The zero-order chi connectivity index (χ0) is 15.5. The summed E-state index contributed by atoms with van der Waals surface area (Å²) in [6, 6.07) is 13.4. The number of hydrogen-bond donors (Lipinski definition) is 1. The third-order valence-electron chi connectivity index (χ3n) is 3.34. The molecule has 1 heterocycles. The zero-order valence-electron chi connectivity index (χ0n) is 12.4. The molecule has 0 saturated heterocycles. The Balaban J connectivity index is 1.83. The van der Waals surface area contributed by atoms with Crippen LogP contribution in [-0.2, 0) is 11.3 Å². The van der Waals surface area contributed by atoms with Crippen LogP contribution >= 0.6 is 11.3 Å². The predicted octanol–water partition coefficient (Wildman–Crippen LogP) is 4.00. The highest BCUT2D eigenvalue weighted by atomic mass is 32.1. The number of methoxy groups -OCH3 is 1. The highest BCUT2D eigenvalue weighted by Gasteiger charge is 2.11. The summed E-state index contributed by atoms with van der Waals surface area (Å²) in [5.74, 6) is -0.158. The second kappa shape index (κ2) is 6.25. The van der Waals surface area contributed by atoms with Crippen LogP contribution in [0, 0.1) is 6.92 Å². The number of benzene rings is 2. The summed E-state index contributed by atoms with van der Waals surface area (Å²) in [6.07, 6.45) is 0. The molecule has 0 radical (unpaired) electrons. The molecule has 3 aromatic rings. The van der Waals surface area contributed by atoms with Gasteiger partial charge in [-0.3, -0.25) is 10.1 Å². The van der Waals surface area contributed by atoms with E-state index in [-0.39, 0.29) is 5.91 Å². The number of carbonyl (C=O) groups excluding carboxylic acids is 1. The number of carbonyl (C=O) groups is 1. The molecule has 2 aromatic carbocycles. The first-order valence-corrected chi connectivity index (χ1v) is 7.74. The Morgan fingerprint density at radius 2 is 2.09 bits per heavy atom. The fourth-order valence-corrected chi connectivity index (χ4v) is 3.22. The molecule has 0 atom stereocenters. The molecule has 0 aliphatic carbocycles. The van der Waals surface area contributed by atoms with E-state index in [1.165, 1.54) is 11.3 Å². The van der Waals surface area contributed by atoms with Gasteiger partial charge < -0.3 is 4.74 Å². The average Bonchev–Trinajstić information content (AvgIpc) is 2.92. The molecular weight excluding hydrogens is 296 g/mol. The van der Waals surface area contributed by atoms with E-state index in [0.29, 0.717) is 17.3 Å². The van der Waals surface area contributed by atoms with Crippen LogP contribution in [0.4, 0.5) is 5.13 Å². The van der Waals surface area contributed by atoms with Crippen molar-refractivity contribution >= 4 is 32.6 Å². The molecule has 1 amide bonds. The fourth-order valence-electron chi connectivity index (χ4n) is 2.28. The number of anilines is 1. The largest absolute Gasteiger partial charge is 0.380 e. The third kappa shape index (κ3) is 3.00. The van der Waals surface area contributed by atoms with Crippen molar-refractivity contribution in [3.63, 3.8) is 0 Å². The Bertz CT molecular complexity index is 826. The highest BCUT2D eigenvalue weighted by molar-refractivity contribution is 7.22. The molecule has 0 aliphatic heterocycles. The van der Waals surface area contributed by atoms with Gasteiger partial charge in [-0.05, 0) is 36.2 Å². The van der Waals surface area contributed by atoms with E-state index in [0.717, 1.165) is 21.3 Å². The molecule has 0 bridgehead atoms. The number of ether oxygens (including phenoxy) is 1. The van der Waals surface area contributed by atoms with Gasteiger partial charge in [0.15, 0.2) is 5.13 Å². The van der Waals surface area contributed by atoms with Crippen LogP contribution in [-0.4, -0.2) is 18.0 Å². The van der Waals surface area contributed by atoms with Gasteiger partial charge in [-0.2, -0.15) is 0 Å². The second-order valence-electron chi connectivity index (χ2n) is 5.03. The number of amides is 1. The summed E-state index contributed by atoms with van der Waals surface area (Å²) in [4.78, 5) is 16.8. The molecule has 4 nitrogen and oxygen atoms in total. The molecule has 22 heavy (non-hydrogen) atoms. The monoisotopic (exact) mass is 312 g/mol. The van der Waals surface area contributed by atoms with E-state index in [9.17, 15) is 4.79 Å². The molecule has 0 saturated carbocycles. The number of para-hydroxylation sites is 1. The quantitative estimate of drug-likeness (QED) is 0.792. The van der Waals surface area contributed by atoms with Crippen LogP contribution in [0.15, 0.2) is 42.5 Å². The van der Waals surface area contributed by atoms with Crippen molar-refractivity contribution in [3.8, 4) is 0 Å². The van der Waals surface area contributed by atoms with Crippen molar-refractivity contribution in [1.29, 1.82) is 0 Å². The van der Waals surface area contributed by atoms with Gasteiger partial charge in [-0.15, -0.1) is 0 Å². The number of aryl methyl sites for hydroxylation is 1. The van der Waals surface area contributed by atoms with Gasteiger partial charge in [0.1, 0.15) is 0 Å². The van der Waals surface area contributed by atoms with Crippen LogP contribution in [0.3, 0.4) is 0 Å². The lowest BCUT2D eigenvalue weighted by atomic mass is 10.1. The maximum absolute atomic E-state index is 12.3. The Hall–Kier alpha value is -2.24. The van der Waals surface area contributed by atoms with Crippen molar-refractivity contribution < 1.29 is 9.53 Å². The topological polar surface area (TPSA) is 51.2 Å². The first-order chi connectivity index (χ1) is 10.7. The maximum atomic E-state index is 12.3. The summed E-state index contributed by atoms with van der Waals surface area (Å²) in [5, 5.41) is 3.49. The lowest BCUT2D eigenvalue weighted by Crippen LogP contribution is -2.12. The van der Waals surface area contributed by atoms with Gasteiger partial charge in [0, 0.05) is 12.7 Å². The first kappa shape index (κ1) is 14.7. The fraction of sp³-hybridized carbons (Fsp3) is 0.176. The smallest absolute Gasteiger partial charge is 0.257 e. The third-order valence-corrected chi connectivity index (χ3v) is 4.28. The Morgan fingerprint density at radius 3 is 2.86 bits per heavy atom. The van der Waals surface area contributed by atoms with Gasteiger partial charge in [0.25, 0.3) is 5.91 Å². The van der Waals surface area contributed by atoms with Crippen molar-refractivity contribution in [2.45, 2.75) is 13.5 Å². The highest BCUT2D eigenvalue weighted by Crippen LogP contribution is 2.28. The van der Waals surface area contributed by atoms with E-state index in [4.69, 9.17) is 4.74 Å². The van der Waals surface area contributed by atoms with E-state index in [2.05, 4.69) is 10.3 Å². The molecule has 1 N–H and O–H groups in total. The number of hydrogen-bond acceptors (Lipinski definition) is 4. The number of rotatable bonds is 4. The number of nitrogens with one attached hydrogen (secondary N) is 1. The summed E-state index contributed by atoms with van der Waals surface area (Å²) < 4.78 is 6.16. The minimum Gasteiger partial charge on any atom is -0.380 e. The number of fused-ring (bicyclic) bond motifs is 1. The van der Waals surface area contributed by atoms with Crippen molar-refractivity contribution in [3.05, 3.63) is 59.2 Å². The standard InChI is InChI=1S/C17H16N2O2S/c1-11-5-3-8-14-15(11)18-17(22-14)19-16(20)13-7-4-6-12(9-13)10-21-2/h3-9H,10H2,1-2H3,(H,18,19,20).